The molecule has 82 valence electrons. The van der Waals surface area contributed by atoms with E-state index in [2.05, 4.69) is 54.4 Å². The van der Waals surface area contributed by atoms with Gasteiger partial charge in [-0.05, 0) is 23.4 Å². The van der Waals surface area contributed by atoms with E-state index in [9.17, 15) is 0 Å². The quantitative estimate of drug-likeness (QED) is 0.788. The molecular formula is C14H15NS. The van der Waals surface area contributed by atoms with E-state index in [1.165, 1.54) is 5.56 Å². The Morgan fingerprint density at radius 3 is 2.44 bits per heavy atom. The Labute approximate surface area is 101 Å². The van der Waals surface area contributed by atoms with Gasteiger partial charge in [0.1, 0.15) is 0 Å². The molecule has 0 spiro atoms. The average molecular weight is 229 g/mol. The number of rotatable bonds is 4. The fourth-order valence-corrected chi connectivity index (χ4v) is 2.67. The zero-order valence-corrected chi connectivity index (χ0v) is 10.2. The SMILES string of the molecule is CCSC(c1ccccc1)c1ccccn1. The Hall–Kier alpha value is -1.28. The van der Waals surface area contributed by atoms with Crippen LogP contribution in [-0.2, 0) is 0 Å². The number of pyridine rings is 1. The van der Waals surface area contributed by atoms with Gasteiger partial charge in [0, 0.05) is 6.20 Å². The Kier molecular flexibility index (Phi) is 4.00. The van der Waals surface area contributed by atoms with Crippen LogP contribution in [0.5, 0.6) is 0 Å². The van der Waals surface area contributed by atoms with Crippen molar-refractivity contribution in [3.05, 3.63) is 66.0 Å². The van der Waals surface area contributed by atoms with E-state index in [4.69, 9.17) is 0 Å². The van der Waals surface area contributed by atoms with E-state index in [1.54, 1.807) is 0 Å². The zero-order valence-electron chi connectivity index (χ0n) is 9.34. The van der Waals surface area contributed by atoms with E-state index in [0.717, 1.165) is 11.4 Å². The molecule has 0 amide bonds. The highest BCUT2D eigenvalue weighted by Gasteiger charge is 2.13. The van der Waals surface area contributed by atoms with Gasteiger partial charge in [-0.25, -0.2) is 0 Å². The van der Waals surface area contributed by atoms with Crippen LogP contribution in [0.1, 0.15) is 23.4 Å². The highest BCUT2D eigenvalue weighted by atomic mass is 32.2. The highest BCUT2D eigenvalue weighted by Crippen LogP contribution is 2.33. The second-order valence-electron chi connectivity index (χ2n) is 3.50. The van der Waals surface area contributed by atoms with E-state index in [0.29, 0.717) is 5.25 Å². The summed E-state index contributed by atoms with van der Waals surface area (Å²) >= 11 is 1.92. The molecule has 0 saturated heterocycles. The minimum Gasteiger partial charge on any atom is -0.260 e. The van der Waals surface area contributed by atoms with Crippen LogP contribution in [0.3, 0.4) is 0 Å². The van der Waals surface area contributed by atoms with Gasteiger partial charge in [0.05, 0.1) is 10.9 Å². The number of nitrogens with zero attached hydrogens (tertiary/aromatic N) is 1. The third-order valence-corrected chi connectivity index (χ3v) is 3.57. The minimum absolute atomic E-state index is 0.354. The molecule has 0 aliphatic heterocycles. The molecule has 0 aliphatic carbocycles. The molecule has 0 aliphatic rings. The first kappa shape index (κ1) is 11.2. The summed E-state index contributed by atoms with van der Waals surface area (Å²) in [5.74, 6) is 1.09. The monoisotopic (exact) mass is 229 g/mol. The van der Waals surface area contributed by atoms with Crippen LogP contribution in [0.15, 0.2) is 54.7 Å². The summed E-state index contributed by atoms with van der Waals surface area (Å²) in [6.07, 6.45) is 1.86. The summed E-state index contributed by atoms with van der Waals surface area (Å²) in [5, 5.41) is 0.354. The molecule has 0 radical (unpaired) electrons. The molecule has 0 N–H and O–H groups in total. The van der Waals surface area contributed by atoms with Crippen molar-refractivity contribution in [1.29, 1.82) is 0 Å². The Balaban J connectivity index is 2.31. The molecule has 0 saturated carbocycles. The normalized spacial score (nSPS) is 12.3. The van der Waals surface area contributed by atoms with E-state index in [-0.39, 0.29) is 0 Å². The zero-order chi connectivity index (χ0) is 11.2. The van der Waals surface area contributed by atoms with Crippen molar-refractivity contribution in [2.75, 3.05) is 5.75 Å². The number of thioether (sulfide) groups is 1. The standard InChI is InChI=1S/C14H15NS/c1-2-16-14(12-8-4-3-5-9-12)13-10-6-7-11-15-13/h3-11,14H,2H2,1H3. The van der Waals surface area contributed by atoms with Crippen LogP contribution in [0.2, 0.25) is 0 Å². The van der Waals surface area contributed by atoms with Crippen LogP contribution >= 0.6 is 11.8 Å². The van der Waals surface area contributed by atoms with Crippen LogP contribution in [0, 0.1) is 0 Å². The summed E-state index contributed by atoms with van der Waals surface area (Å²) in [7, 11) is 0. The van der Waals surface area contributed by atoms with Gasteiger partial charge < -0.3 is 0 Å². The predicted octanol–water partition coefficient (Wildman–Crippen LogP) is 3.92. The first-order valence-corrected chi connectivity index (χ1v) is 6.54. The molecule has 2 aromatic rings. The summed E-state index contributed by atoms with van der Waals surface area (Å²) in [6, 6.07) is 16.7. The molecule has 2 rings (SSSR count). The van der Waals surface area contributed by atoms with E-state index in [1.807, 2.05) is 24.0 Å². The van der Waals surface area contributed by atoms with Gasteiger partial charge in [-0.3, -0.25) is 4.98 Å². The van der Waals surface area contributed by atoms with E-state index < -0.39 is 0 Å². The second-order valence-corrected chi connectivity index (χ2v) is 4.88. The number of hydrogen-bond acceptors (Lipinski definition) is 2. The molecule has 0 bridgehead atoms. The first-order chi connectivity index (χ1) is 7.92. The lowest BCUT2D eigenvalue weighted by Gasteiger charge is -2.15. The Bertz CT molecular complexity index is 374. The van der Waals surface area contributed by atoms with Gasteiger partial charge in [-0.15, -0.1) is 11.8 Å². The van der Waals surface area contributed by atoms with Crippen molar-refractivity contribution in [3.8, 4) is 0 Å². The molecular weight excluding hydrogens is 214 g/mol. The lowest BCUT2D eigenvalue weighted by atomic mass is 10.1. The van der Waals surface area contributed by atoms with Gasteiger partial charge in [-0.2, -0.15) is 0 Å². The van der Waals surface area contributed by atoms with Gasteiger partial charge in [0.2, 0.25) is 0 Å². The fourth-order valence-electron chi connectivity index (χ4n) is 1.68. The van der Waals surface area contributed by atoms with Gasteiger partial charge in [-0.1, -0.05) is 43.3 Å². The molecule has 1 aromatic heterocycles. The average Bonchev–Trinajstić information content (AvgIpc) is 2.38. The lowest BCUT2D eigenvalue weighted by molar-refractivity contribution is 1.05. The number of aromatic nitrogens is 1. The molecule has 0 fully saturated rings. The smallest absolute Gasteiger partial charge is 0.0719 e. The van der Waals surface area contributed by atoms with Crippen molar-refractivity contribution >= 4 is 11.8 Å². The number of benzene rings is 1. The third kappa shape index (κ3) is 2.64. The summed E-state index contributed by atoms with van der Waals surface area (Å²) < 4.78 is 0. The first-order valence-electron chi connectivity index (χ1n) is 5.49. The van der Waals surface area contributed by atoms with Crippen LogP contribution in [-0.4, -0.2) is 10.7 Å². The second kappa shape index (κ2) is 5.71. The molecule has 2 heteroatoms. The summed E-state index contributed by atoms with van der Waals surface area (Å²) in [6.45, 7) is 2.18. The summed E-state index contributed by atoms with van der Waals surface area (Å²) in [4.78, 5) is 4.45. The van der Waals surface area contributed by atoms with Crippen LogP contribution in [0.25, 0.3) is 0 Å². The Morgan fingerprint density at radius 1 is 1.06 bits per heavy atom. The van der Waals surface area contributed by atoms with Crippen molar-refractivity contribution in [3.63, 3.8) is 0 Å². The molecule has 1 unspecified atom stereocenters. The van der Waals surface area contributed by atoms with Crippen LogP contribution in [0.4, 0.5) is 0 Å². The molecule has 1 heterocycles. The Morgan fingerprint density at radius 2 is 1.81 bits per heavy atom. The minimum atomic E-state index is 0.354. The van der Waals surface area contributed by atoms with Crippen molar-refractivity contribution in [2.24, 2.45) is 0 Å². The van der Waals surface area contributed by atoms with Gasteiger partial charge in [0.25, 0.3) is 0 Å². The predicted molar refractivity (Wildman–Crippen MR) is 70.7 cm³/mol. The summed E-state index contributed by atoms with van der Waals surface area (Å²) in [5.41, 5.74) is 2.47. The van der Waals surface area contributed by atoms with Crippen molar-refractivity contribution in [1.82, 2.24) is 4.98 Å². The maximum Gasteiger partial charge on any atom is 0.0719 e. The highest BCUT2D eigenvalue weighted by molar-refractivity contribution is 7.99. The maximum atomic E-state index is 4.45. The molecule has 1 aromatic carbocycles. The largest absolute Gasteiger partial charge is 0.260 e. The van der Waals surface area contributed by atoms with Crippen molar-refractivity contribution in [2.45, 2.75) is 12.2 Å². The third-order valence-electron chi connectivity index (χ3n) is 2.39. The van der Waals surface area contributed by atoms with Gasteiger partial charge in [0.15, 0.2) is 0 Å². The van der Waals surface area contributed by atoms with Gasteiger partial charge >= 0.3 is 0 Å². The lowest BCUT2D eigenvalue weighted by Crippen LogP contribution is -1.99. The fraction of sp³-hybridized carbons (Fsp3) is 0.214. The van der Waals surface area contributed by atoms with Crippen LogP contribution < -0.4 is 0 Å². The molecule has 16 heavy (non-hydrogen) atoms. The van der Waals surface area contributed by atoms with E-state index >= 15 is 0 Å². The van der Waals surface area contributed by atoms with Crippen molar-refractivity contribution < 1.29 is 0 Å². The molecule has 1 atom stereocenters. The number of hydrogen-bond donors (Lipinski definition) is 0. The molecule has 1 nitrogen and oxygen atoms in total. The maximum absolute atomic E-state index is 4.45. The topological polar surface area (TPSA) is 12.9 Å².